The number of hydrogen-bond donors (Lipinski definition) is 2. The SMILES string of the molecule is CN(c1ccccc1F)c1cccnc1C(=N)N. The number of nitrogen functional groups attached to an aromatic ring is 1. The van der Waals surface area contributed by atoms with Gasteiger partial charge in [-0.15, -0.1) is 0 Å². The van der Waals surface area contributed by atoms with E-state index >= 15 is 0 Å². The van der Waals surface area contributed by atoms with E-state index in [-0.39, 0.29) is 11.7 Å². The predicted octanol–water partition coefficient (Wildman–Crippen LogP) is 2.27. The molecule has 0 saturated heterocycles. The van der Waals surface area contributed by atoms with Gasteiger partial charge in [0.25, 0.3) is 0 Å². The summed E-state index contributed by atoms with van der Waals surface area (Å²) in [5.41, 5.74) is 6.81. The zero-order valence-corrected chi connectivity index (χ0v) is 9.89. The van der Waals surface area contributed by atoms with Crippen LogP contribution in [0.5, 0.6) is 0 Å². The summed E-state index contributed by atoms with van der Waals surface area (Å²) in [7, 11) is 1.71. The number of nitrogens with one attached hydrogen (secondary N) is 1. The Morgan fingerprint density at radius 2 is 1.89 bits per heavy atom. The highest BCUT2D eigenvalue weighted by molar-refractivity contribution is 5.99. The summed E-state index contributed by atoms with van der Waals surface area (Å²) in [5.74, 6) is -0.479. The van der Waals surface area contributed by atoms with Gasteiger partial charge < -0.3 is 10.6 Å². The maximum atomic E-state index is 13.7. The van der Waals surface area contributed by atoms with Crippen molar-refractivity contribution in [2.24, 2.45) is 5.73 Å². The van der Waals surface area contributed by atoms with Crippen molar-refractivity contribution in [3.8, 4) is 0 Å². The minimum atomic E-state index is -0.335. The first-order valence-corrected chi connectivity index (χ1v) is 5.39. The average molecular weight is 244 g/mol. The second-order valence-corrected chi connectivity index (χ2v) is 3.80. The van der Waals surface area contributed by atoms with Crippen LogP contribution in [0, 0.1) is 11.2 Å². The second kappa shape index (κ2) is 4.83. The first-order valence-electron chi connectivity index (χ1n) is 5.39. The van der Waals surface area contributed by atoms with Crippen LogP contribution in [0.3, 0.4) is 0 Å². The minimum Gasteiger partial charge on any atom is -0.382 e. The molecule has 4 nitrogen and oxygen atoms in total. The van der Waals surface area contributed by atoms with Crippen molar-refractivity contribution in [3.63, 3.8) is 0 Å². The molecule has 1 aromatic heterocycles. The zero-order chi connectivity index (χ0) is 13.1. The van der Waals surface area contributed by atoms with E-state index in [1.54, 1.807) is 48.5 Å². The van der Waals surface area contributed by atoms with Gasteiger partial charge >= 0.3 is 0 Å². The molecule has 0 aliphatic carbocycles. The molecule has 1 heterocycles. The molecule has 0 aliphatic rings. The Balaban J connectivity index is 2.50. The van der Waals surface area contributed by atoms with Crippen LogP contribution in [0.15, 0.2) is 42.6 Å². The topological polar surface area (TPSA) is 66.0 Å². The lowest BCUT2D eigenvalue weighted by Gasteiger charge is -2.21. The number of halogens is 1. The first-order chi connectivity index (χ1) is 8.61. The van der Waals surface area contributed by atoms with Crippen molar-refractivity contribution < 1.29 is 4.39 Å². The molecule has 0 saturated carbocycles. The quantitative estimate of drug-likeness (QED) is 0.643. The van der Waals surface area contributed by atoms with Crippen LogP contribution in [-0.4, -0.2) is 17.9 Å². The number of nitrogens with zero attached hydrogens (tertiary/aromatic N) is 2. The molecule has 2 aromatic rings. The van der Waals surface area contributed by atoms with Crippen LogP contribution in [0.4, 0.5) is 15.8 Å². The van der Waals surface area contributed by atoms with Crippen molar-refractivity contribution in [1.82, 2.24) is 4.98 Å². The van der Waals surface area contributed by atoms with E-state index < -0.39 is 0 Å². The highest BCUT2D eigenvalue weighted by atomic mass is 19.1. The lowest BCUT2D eigenvalue weighted by atomic mass is 10.2. The molecule has 1 aromatic carbocycles. The third-order valence-electron chi connectivity index (χ3n) is 2.62. The van der Waals surface area contributed by atoms with Crippen LogP contribution in [0.25, 0.3) is 0 Å². The standard InChI is InChI=1S/C13H13FN4/c1-18(10-6-3-2-5-9(10)14)11-7-4-8-17-12(11)13(15)16/h2-8H,1H3,(H3,15,16). The summed E-state index contributed by atoms with van der Waals surface area (Å²) in [6, 6.07) is 9.89. The van der Waals surface area contributed by atoms with Crippen LogP contribution < -0.4 is 10.6 Å². The fourth-order valence-electron chi connectivity index (χ4n) is 1.73. The molecule has 0 unspecified atom stereocenters. The van der Waals surface area contributed by atoms with Crippen molar-refractivity contribution in [2.75, 3.05) is 11.9 Å². The normalized spacial score (nSPS) is 10.1. The van der Waals surface area contributed by atoms with Crippen LogP contribution >= 0.6 is 0 Å². The molecule has 0 radical (unpaired) electrons. The number of rotatable bonds is 3. The molecule has 5 heteroatoms. The van der Waals surface area contributed by atoms with E-state index in [0.29, 0.717) is 17.1 Å². The van der Waals surface area contributed by atoms with E-state index in [1.807, 2.05) is 0 Å². The first kappa shape index (κ1) is 12.0. The highest BCUT2D eigenvalue weighted by Gasteiger charge is 2.14. The van der Waals surface area contributed by atoms with Gasteiger partial charge in [0.05, 0.1) is 11.4 Å². The van der Waals surface area contributed by atoms with E-state index in [9.17, 15) is 4.39 Å². The molecule has 0 amide bonds. The number of pyridine rings is 1. The number of anilines is 2. The van der Waals surface area contributed by atoms with E-state index in [2.05, 4.69) is 4.98 Å². The van der Waals surface area contributed by atoms with Crippen LogP contribution in [-0.2, 0) is 0 Å². The van der Waals surface area contributed by atoms with Crippen LogP contribution in [0.1, 0.15) is 5.69 Å². The molecule has 92 valence electrons. The molecular formula is C13H13FN4. The summed E-state index contributed by atoms with van der Waals surface area (Å²) < 4.78 is 13.7. The van der Waals surface area contributed by atoms with Gasteiger partial charge in [0, 0.05) is 13.2 Å². The van der Waals surface area contributed by atoms with Gasteiger partial charge in [0.2, 0.25) is 0 Å². The minimum absolute atomic E-state index is 0.145. The fraction of sp³-hybridized carbons (Fsp3) is 0.0769. The number of hydrogen-bond acceptors (Lipinski definition) is 3. The predicted molar refractivity (Wildman–Crippen MR) is 69.7 cm³/mol. The molecule has 0 fully saturated rings. The molecule has 3 N–H and O–H groups in total. The molecular weight excluding hydrogens is 231 g/mol. The smallest absolute Gasteiger partial charge is 0.146 e. The largest absolute Gasteiger partial charge is 0.382 e. The summed E-state index contributed by atoms with van der Waals surface area (Å²) >= 11 is 0. The van der Waals surface area contributed by atoms with Gasteiger partial charge in [-0.3, -0.25) is 10.4 Å². The fourth-order valence-corrected chi connectivity index (χ4v) is 1.73. The second-order valence-electron chi connectivity index (χ2n) is 3.80. The van der Waals surface area contributed by atoms with E-state index in [0.717, 1.165) is 0 Å². The molecule has 0 bridgehead atoms. The van der Waals surface area contributed by atoms with Crippen molar-refractivity contribution in [2.45, 2.75) is 0 Å². The maximum Gasteiger partial charge on any atom is 0.146 e. The monoisotopic (exact) mass is 244 g/mol. The number of amidine groups is 1. The molecule has 0 spiro atoms. The zero-order valence-electron chi connectivity index (χ0n) is 9.89. The Morgan fingerprint density at radius 3 is 2.56 bits per heavy atom. The number of para-hydroxylation sites is 1. The van der Waals surface area contributed by atoms with Crippen molar-refractivity contribution >= 4 is 17.2 Å². The Bertz CT molecular complexity index is 583. The molecule has 0 atom stereocenters. The molecule has 18 heavy (non-hydrogen) atoms. The van der Waals surface area contributed by atoms with Gasteiger partial charge in [-0.25, -0.2) is 4.39 Å². The maximum absolute atomic E-state index is 13.7. The summed E-state index contributed by atoms with van der Waals surface area (Å²) in [5, 5.41) is 7.48. The Morgan fingerprint density at radius 1 is 1.22 bits per heavy atom. The number of benzene rings is 1. The number of nitrogens with two attached hydrogens (primary N) is 1. The lowest BCUT2D eigenvalue weighted by Crippen LogP contribution is -2.20. The van der Waals surface area contributed by atoms with Crippen molar-refractivity contribution in [1.29, 1.82) is 5.41 Å². The van der Waals surface area contributed by atoms with E-state index in [4.69, 9.17) is 11.1 Å². The summed E-state index contributed by atoms with van der Waals surface area (Å²) in [6.45, 7) is 0. The van der Waals surface area contributed by atoms with Gasteiger partial charge in [-0.1, -0.05) is 12.1 Å². The Kier molecular flexibility index (Phi) is 3.23. The Labute approximate surface area is 104 Å². The third-order valence-corrected chi connectivity index (χ3v) is 2.62. The molecule has 0 aliphatic heterocycles. The summed E-state index contributed by atoms with van der Waals surface area (Å²) in [6.07, 6.45) is 1.55. The third kappa shape index (κ3) is 2.15. The van der Waals surface area contributed by atoms with Gasteiger partial charge in [0.15, 0.2) is 0 Å². The Hall–Kier alpha value is -2.43. The van der Waals surface area contributed by atoms with Gasteiger partial charge in [-0.2, -0.15) is 0 Å². The van der Waals surface area contributed by atoms with E-state index in [1.165, 1.54) is 6.07 Å². The average Bonchev–Trinajstić information content (AvgIpc) is 2.38. The van der Waals surface area contributed by atoms with Crippen LogP contribution in [0.2, 0.25) is 0 Å². The lowest BCUT2D eigenvalue weighted by molar-refractivity contribution is 0.627. The van der Waals surface area contributed by atoms with Gasteiger partial charge in [-0.05, 0) is 24.3 Å². The summed E-state index contributed by atoms with van der Waals surface area (Å²) in [4.78, 5) is 5.66. The number of aromatic nitrogens is 1. The highest BCUT2D eigenvalue weighted by Crippen LogP contribution is 2.27. The molecule has 2 rings (SSSR count). The van der Waals surface area contributed by atoms with Crippen molar-refractivity contribution in [3.05, 3.63) is 54.1 Å². The van der Waals surface area contributed by atoms with Gasteiger partial charge in [0.1, 0.15) is 17.3 Å².